The second-order valence-corrected chi connectivity index (χ2v) is 6.20. The minimum atomic E-state index is 0.443. The predicted octanol–water partition coefficient (Wildman–Crippen LogP) is 3.42. The molecule has 1 unspecified atom stereocenters. The Bertz CT molecular complexity index is 782. The molecule has 2 aromatic rings. The van der Waals surface area contributed by atoms with Gasteiger partial charge in [0.1, 0.15) is 11.6 Å². The molecule has 4 heteroatoms. The standard InChI is InChI=1S/C19H21N3O/c1-12-19(20)22-17-10-13(6-9-18(17)23-12)11-21-16-8-7-14-4-2-3-5-15(14)16/h2-6,9-10,16,21-22H,7-8,11,20H2,1H3. The summed E-state index contributed by atoms with van der Waals surface area (Å²) in [6, 6.07) is 15.3. The van der Waals surface area contributed by atoms with E-state index in [1.807, 2.05) is 13.0 Å². The van der Waals surface area contributed by atoms with Gasteiger partial charge in [0.2, 0.25) is 0 Å². The van der Waals surface area contributed by atoms with Crippen LogP contribution in [-0.2, 0) is 13.0 Å². The molecule has 23 heavy (non-hydrogen) atoms. The summed E-state index contributed by atoms with van der Waals surface area (Å²) < 4.78 is 5.70. The lowest BCUT2D eigenvalue weighted by molar-refractivity contribution is 0.415. The number of aryl methyl sites for hydroxylation is 1. The first-order valence-electron chi connectivity index (χ1n) is 8.06. The van der Waals surface area contributed by atoms with Gasteiger partial charge in [0.05, 0.1) is 5.69 Å². The van der Waals surface area contributed by atoms with E-state index in [0.717, 1.165) is 24.4 Å². The Balaban J connectivity index is 1.47. The van der Waals surface area contributed by atoms with Gasteiger partial charge < -0.3 is 21.1 Å². The van der Waals surface area contributed by atoms with Crippen LogP contribution in [0.25, 0.3) is 0 Å². The lowest BCUT2D eigenvalue weighted by Gasteiger charge is -2.22. The van der Waals surface area contributed by atoms with E-state index in [1.165, 1.54) is 23.1 Å². The molecule has 0 saturated heterocycles. The molecule has 4 N–H and O–H groups in total. The van der Waals surface area contributed by atoms with E-state index in [9.17, 15) is 0 Å². The van der Waals surface area contributed by atoms with E-state index in [4.69, 9.17) is 10.5 Å². The first-order valence-corrected chi connectivity index (χ1v) is 8.06. The molecule has 0 amide bonds. The van der Waals surface area contributed by atoms with Crippen LogP contribution in [0, 0.1) is 0 Å². The SMILES string of the molecule is CC1=C(N)Nc2cc(CNC3CCc4ccccc43)ccc2O1. The summed E-state index contributed by atoms with van der Waals surface area (Å²) in [5.74, 6) is 2.12. The molecular formula is C19H21N3O. The van der Waals surface area contributed by atoms with Crippen LogP contribution in [0.4, 0.5) is 5.69 Å². The Morgan fingerprint density at radius 2 is 2.13 bits per heavy atom. The minimum Gasteiger partial charge on any atom is -0.456 e. The second-order valence-electron chi connectivity index (χ2n) is 6.20. The fraction of sp³-hybridized carbons (Fsp3) is 0.263. The van der Waals surface area contributed by atoms with E-state index >= 15 is 0 Å². The third-order valence-electron chi connectivity index (χ3n) is 4.64. The highest BCUT2D eigenvalue weighted by molar-refractivity contribution is 5.63. The van der Waals surface area contributed by atoms with Gasteiger partial charge in [-0.1, -0.05) is 30.3 Å². The van der Waals surface area contributed by atoms with E-state index < -0.39 is 0 Å². The molecule has 1 atom stereocenters. The zero-order valence-corrected chi connectivity index (χ0v) is 13.2. The van der Waals surface area contributed by atoms with Crippen molar-refractivity contribution in [2.75, 3.05) is 5.32 Å². The van der Waals surface area contributed by atoms with Crippen LogP contribution in [0.5, 0.6) is 5.75 Å². The molecule has 118 valence electrons. The number of hydrogen-bond donors (Lipinski definition) is 3. The Morgan fingerprint density at radius 3 is 3.04 bits per heavy atom. The summed E-state index contributed by atoms with van der Waals surface area (Å²) in [6.07, 6.45) is 2.33. The molecule has 0 radical (unpaired) electrons. The first-order chi connectivity index (χ1) is 11.2. The van der Waals surface area contributed by atoms with Crippen LogP contribution in [0.1, 0.15) is 36.1 Å². The van der Waals surface area contributed by atoms with Gasteiger partial charge >= 0.3 is 0 Å². The zero-order valence-electron chi connectivity index (χ0n) is 13.2. The third kappa shape index (κ3) is 2.66. The zero-order chi connectivity index (χ0) is 15.8. The summed E-state index contributed by atoms with van der Waals surface area (Å²) >= 11 is 0. The number of hydrogen-bond acceptors (Lipinski definition) is 4. The number of allylic oxidation sites excluding steroid dienone is 1. The van der Waals surface area contributed by atoms with Gasteiger partial charge in [0.25, 0.3) is 0 Å². The molecule has 0 aromatic heterocycles. The van der Waals surface area contributed by atoms with Crippen LogP contribution in [-0.4, -0.2) is 0 Å². The molecule has 4 nitrogen and oxygen atoms in total. The minimum absolute atomic E-state index is 0.443. The molecule has 2 aliphatic rings. The van der Waals surface area contributed by atoms with Gasteiger partial charge in [0, 0.05) is 12.6 Å². The van der Waals surface area contributed by atoms with Crippen LogP contribution in [0.2, 0.25) is 0 Å². The van der Waals surface area contributed by atoms with Crippen LogP contribution < -0.4 is 21.1 Å². The molecule has 1 heterocycles. The summed E-state index contributed by atoms with van der Waals surface area (Å²) in [7, 11) is 0. The van der Waals surface area contributed by atoms with E-state index in [-0.39, 0.29) is 0 Å². The van der Waals surface area contributed by atoms with Gasteiger partial charge in [-0.15, -0.1) is 0 Å². The average molecular weight is 307 g/mol. The predicted molar refractivity (Wildman–Crippen MR) is 91.9 cm³/mol. The number of benzene rings is 2. The quantitative estimate of drug-likeness (QED) is 0.813. The molecule has 0 fully saturated rings. The second kappa shape index (κ2) is 5.63. The van der Waals surface area contributed by atoms with Crippen molar-refractivity contribution in [3.05, 3.63) is 70.7 Å². The topological polar surface area (TPSA) is 59.3 Å². The van der Waals surface area contributed by atoms with Gasteiger partial charge in [-0.3, -0.25) is 0 Å². The largest absolute Gasteiger partial charge is 0.456 e. The van der Waals surface area contributed by atoms with E-state index in [1.54, 1.807) is 0 Å². The summed E-state index contributed by atoms with van der Waals surface area (Å²) in [4.78, 5) is 0. The maximum Gasteiger partial charge on any atom is 0.150 e. The monoisotopic (exact) mass is 307 g/mol. The van der Waals surface area contributed by atoms with Crippen molar-refractivity contribution in [1.82, 2.24) is 5.32 Å². The summed E-state index contributed by atoms with van der Waals surface area (Å²) in [5.41, 5.74) is 11.0. The Morgan fingerprint density at radius 1 is 1.26 bits per heavy atom. The van der Waals surface area contributed by atoms with Crippen molar-refractivity contribution >= 4 is 5.69 Å². The normalized spacial score (nSPS) is 18.9. The van der Waals surface area contributed by atoms with Gasteiger partial charge in [-0.05, 0) is 48.6 Å². The Kier molecular flexibility index (Phi) is 3.46. The number of nitrogens with two attached hydrogens (primary N) is 1. The fourth-order valence-electron chi connectivity index (χ4n) is 3.34. The Hall–Kier alpha value is -2.46. The molecule has 0 saturated carbocycles. The van der Waals surface area contributed by atoms with E-state index in [2.05, 4.69) is 47.0 Å². The van der Waals surface area contributed by atoms with Crippen molar-refractivity contribution in [2.45, 2.75) is 32.4 Å². The third-order valence-corrected chi connectivity index (χ3v) is 4.64. The average Bonchev–Trinajstić information content (AvgIpc) is 2.97. The van der Waals surface area contributed by atoms with Crippen molar-refractivity contribution in [3.8, 4) is 5.75 Å². The molecule has 4 rings (SSSR count). The van der Waals surface area contributed by atoms with Crippen LogP contribution >= 0.6 is 0 Å². The highest BCUT2D eigenvalue weighted by Gasteiger charge is 2.21. The number of anilines is 1. The lowest BCUT2D eigenvalue weighted by Crippen LogP contribution is -2.21. The molecule has 0 spiro atoms. The van der Waals surface area contributed by atoms with Crippen molar-refractivity contribution in [1.29, 1.82) is 0 Å². The van der Waals surface area contributed by atoms with Crippen LogP contribution in [0.15, 0.2) is 54.0 Å². The highest BCUT2D eigenvalue weighted by Crippen LogP contribution is 2.33. The fourth-order valence-corrected chi connectivity index (χ4v) is 3.34. The molecule has 1 aliphatic heterocycles. The van der Waals surface area contributed by atoms with Crippen molar-refractivity contribution < 1.29 is 4.74 Å². The van der Waals surface area contributed by atoms with Crippen molar-refractivity contribution in [2.24, 2.45) is 5.73 Å². The molecule has 0 bridgehead atoms. The number of fused-ring (bicyclic) bond motifs is 2. The van der Waals surface area contributed by atoms with Gasteiger partial charge in [0.15, 0.2) is 5.75 Å². The van der Waals surface area contributed by atoms with Gasteiger partial charge in [-0.25, -0.2) is 0 Å². The van der Waals surface area contributed by atoms with Crippen molar-refractivity contribution in [3.63, 3.8) is 0 Å². The highest BCUT2D eigenvalue weighted by atomic mass is 16.5. The van der Waals surface area contributed by atoms with Gasteiger partial charge in [-0.2, -0.15) is 0 Å². The summed E-state index contributed by atoms with van der Waals surface area (Å²) in [6.45, 7) is 2.69. The molecule has 1 aliphatic carbocycles. The Labute approximate surface area is 136 Å². The maximum atomic E-state index is 5.90. The molecule has 2 aromatic carbocycles. The number of ether oxygens (including phenoxy) is 1. The lowest BCUT2D eigenvalue weighted by atomic mass is 10.1. The molecular weight excluding hydrogens is 286 g/mol. The summed E-state index contributed by atoms with van der Waals surface area (Å²) in [5, 5.41) is 6.87. The smallest absolute Gasteiger partial charge is 0.150 e. The van der Waals surface area contributed by atoms with Crippen LogP contribution in [0.3, 0.4) is 0 Å². The number of rotatable bonds is 3. The first kappa shape index (κ1) is 14.2. The number of nitrogens with one attached hydrogen (secondary N) is 2. The van der Waals surface area contributed by atoms with E-state index in [0.29, 0.717) is 17.6 Å². The maximum absolute atomic E-state index is 5.90.